The number of methoxy groups -OCH3 is 2. The molecular formula is C21H24O12. The molecule has 1 saturated heterocycles. The highest BCUT2D eigenvalue weighted by Crippen LogP contribution is 2.32. The fourth-order valence-corrected chi connectivity index (χ4v) is 3.15. The molecule has 1 aliphatic heterocycles. The van der Waals surface area contributed by atoms with Crippen LogP contribution in [-0.4, -0.2) is 74.8 Å². The van der Waals surface area contributed by atoms with Gasteiger partial charge in [0.2, 0.25) is 12.4 Å². The summed E-state index contributed by atoms with van der Waals surface area (Å²) < 4.78 is 36.6. The van der Waals surface area contributed by atoms with E-state index in [1.54, 1.807) is 12.1 Å². The van der Waals surface area contributed by atoms with Crippen LogP contribution in [0, 0.1) is 0 Å². The maximum Gasteiger partial charge on any atom is 0.341 e. The Morgan fingerprint density at radius 1 is 0.758 bits per heavy atom. The molecule has 1 fully saturated rings. The average Bonchev–Trinajstić information content (AvgIpc) is 2.75. The van der Waals surface area contributed by atoms with Crippen molar-refractivity contribution in [3.8, 4) is 5.75 Å². The SMILES string of the molecule is COC(=O)c1ccccc1O[C@@H]1O[C@H](C(=O)OC)[C@@H](OC(C)=O)[C@H](OC(C)=O)[C@H]1OC(C)=O. The molecule has 0 aliphatic carbocycles. The number of ether oxygens (including phenoxy) is 7. The highest BCUT2D eigenvalue weighted by Gasteiger charge is 2.56. The van der Waals surface area contributed by atoms with Gasteiger partial charge in [0.25, 0.3) is 0 Å². The Hall–Kier alpha value is -3.67. The lowest BCUT2D eigenvalue weighted by Crippen LogP contribution is -2.64. The number of hydrogen-bond acceptors (Lipinski definition) is 12. The predicted octanol–water partition coefficient (Wildman–Crippen LogP) is 0.545. The van der Waals surface area contributed by atoms with Gasteiger partial charge in [-0.05, 0) is 12.1 Å². The molecular weight excluding hydrogens is 444 g/mol. The van der Waals surface area contributed by atoms with Crippen molar-refractivity contribution in [3.05, 3.63) is 29.8 Å². The van der Waals surface area contributed by atoms with Crippen molar-refractivity contribution < 1.29 is 57.1 Å². The van der Waals surface area contributed by atoms with Crippen molar-refractivity contribution in [3.63, 3.8) is 0 Å². The lowest BCUT2D eigenvalue weighted by molar-refractivity contribution is -0.282. The second kappa shape index (κ2) is 11.3. The standard InChI is InChI=1S/C21H24O12/c1-10(22)29-15-16(30-11(2)23)18(31-12(3)24)21(33-17(15)20(26)28-5)32-14-9-7-6-8-13(14)19(25)27-4/h6-9,15-18,21H,1-5H3/t15-,16-,17-,18+,21+/m0/s1. The quantitative estimate of drug-likeness (QED) is 0.406. The van der Waals surface area contributed by atoms with E-state index in [9.17, 15) is 24.0 Å². The van der Waals surface area contributed by atoms with Crippen LogP contribution in [0.15, 0.2) is 24.3 Å². The van der Waals surface area contributed by atoms with Gasteiger partial charge in [0.15, 0.2) is 18.3 Å². The molecule has 0 unspecified atom stereocenters. The molecule has 0 saturated carbocycles. The molecule has 33 heavy (non-hydrogen) atoms. The number of rotatable bonds is 7. The summed E-state index contributed by atoms with van der Waals surface area (Å²) in [7, 11) is 2.24. The van der Waals surface area contributed by atoms with Crippen LogP contribution in [-0.2, 0) is 47.6 Å². The number of esters is 5. The first-order chi connectivity index (χ1) is 15.6. The fraction of sp³-hybridized carbons (Fsp3) is 0.476. The Labute approximate surface area is 189 Å². The number of carbonyl (C=O) groups excluding carboxylic acids is 5. The third-order valence-electron chi connectivity index (χ3n) is 4.37. The molecule has 0 bridgehead atoms. The summed E-state index contributed by atoms with van der Waals surface area (Å²) in [5.41, 5.74) is 0.00550. The molecule has 5 atom stereocenters. The van der Waals surface area contributed by atoms with E-state index in [-0.39, 0.29) is 11.3 Å². The van der Waals surface area contributed by atoms with Crippen molar-refractivity contribution in [2.75, 3.05) is 14.2 Å². The van der Waals surface area contributed by atoms with Gasteiger partial charge in [-0.15, -0.1) is 0 Å². The molecule has 12 heteroatoms. The summed E-state index contributed by atoms with van der Waals surface area (Å²) in [6.07, 6.45) is -7.74. The van der Waals surface area contributed by atoms with Crippen LogP contribution >= 0.6 is 0 Å². The summed E-state index contributed by atoms with van der Waals surface area (Å²) in [5.74, 6) is -4.21. The van der Waals surface area contributed by atoms with Crippen LogP contribution in [0.1, 0.15) is 31.1 Å². The average molecular weight is 468 g/mol. The van der Waals surface area contributed by atoms with E-state index in [0.29, 0.717) is 0 Å². The second-order valence-corrected chi connectivity index (χ2v) is 6.78. The third kappa shape index (κ3) is 6.42. The van der Waals surface area contributed by atoms with Crippen molar-refractivity contribution in [1.29, 1.82) is 0 Å². The Morgan fingerprint density at radius 3 is 1.85 bits per heavy atom. The van der Waals surface area contributed by atoms with Gasteiger partial charge in [0.1, 0.15) is 11.3 Å². The highest BCUT2D eigenvalue weighted by atomic mass is 16.7. The molecule has 0 N–H and O–H groups in total. The zero-order valence-corrected chi connectivity index (χ0v) is 18.6. The number of para-hydroxylation sites is 1. The minimum atomic E-state index is -1.62. The van der Waals surface area contributed by atoms with Crippen LogP contribution in [0.5, 0.6) is 5.75 Å². The molecule has 2 rings (SSSR count). The Bertz CT molecular complexity index is 910. The van der Waals surface area contributed by atoms with E-state index >= 15 is 0 Å². The van der Waals surface area contributed by atoms with Crippen molar-refractivity contribution in [2.24, 2.45) is 0 Å². The molecule has 180 valence electrons. The van der Waals surface area contributed by atoms with E-state index in [2.05, 4.69) is 0 Å². The van der Waals surface area contributed by atoms with E-state index in [1.807, 2.05) is 0 Å². The lowest BCUT2D eigenvalue weighted by Gasteiger charge is -2.43. The molecule has 1 aromatic rings. The summed E-state index contributed by atoms with van der Waals surface area (Å²) in [6.45, 7) is 3.22. The predicted molar refractivity (Wildman–Crippen MR) is 106 cm³/mol. The largest absolute Gasteiger partial charge is 0.467 e. The minimum Gasteiger partial charge on any atom is -0.467 e. The Kier molecular flexibility index (Phi) is 8.74. The van der Waals surface area contributed by atoms with Gasteiger partial charge in [0.05, 0.1) is 14.2 Å². The normalized spacial score (nSPS) is 24.1. The van der Waals surface area contributed by atoms with E-state index in [0.717, 1.165) is 27.9 Å². The zero-order valence-electron chi connectivity index (χ0n) is 18.6. The van der Waals surface area contributed by atoms with Gasteiger partial charge >= 0.3 is 29.8 Å². The summed E-state index contributed by atoms with van der Waals surface area (Å²) in [4.78, 5) is 59.8. The third-order valence-corrected chi connectivity index (χ3v) is 4.37. The van der Waals surface area contributed by atoms with Gasteiger partial charge in [-0.25, -0.2) is 9.59 Å². The van der Waals surface area contributed by atoms with E-state index < -0.39 is 60.6 Å². The van der Waals surface area contributed by atoms with Crippen LogP contribution in [0.2, 0.25) is 0 Å². The van der Waals surface area contributed by atoms with Gasteiger partial charge in [-0.1, -0.05) is 12.1 Å². The minimum absolute atomic E-state index is 0.00550. The van der Waals surface area contributed by atoms with Gasteiger partial charge in [0, 0.05) is 20.8 Å². The summed E-state index contributed by atoms with van der Waals surface area (Å²) >= 11 is 0. The maximum atomic E-state index is 12.4. The van der Waals surface area contributed by atoms with E-state index in [4.69, 9.17) is 33.2 Å². The summed E-state index contributed by atoms with van der Waals surface area (Å²) in [5, 5.41) is 0. The first-order valence-electron chi connectivity index (χ1n) is 9.68. The molecule has 12 nitrogen and oxygen atoms in total. The first-order valence-corrected chi connectivity index (χ1v) is 9.68. The molecule has 1 aromatic carbocycles. The Balaban J connectivity index is 2.56. The van der Waals surface area contributed by atoms with Crippen LogP contribution in [0.4, 0.5) is 0 Å². The van der Waals surface area contributed by atoms with Crippen molar-refractivity contribution >= 4 is 29.8 Å². The first kappa shape index (κ1) is 25.6. The van der Waals surface area contributed by atoms with Crippen LogP contribution in [0.3, 0.4) is 0 Å². The number of carbonyl (C=O) groups is 5. The molecule has 0 amide bonds. The van der Waals surface area contributed by atoms with Crippen LogP contribution in [0.25, 0.3) is 0 Å². The fourth-order valence-electron chi connectivity index (χ4n) is 3.15. The maximum absolute atomic E-state index is 12.4. The molecule has 1 aliphatic rings. The molecule has 1 heterocycles. The lowest BCUT2D eigenvalue weighted by atomic mass is 9.97. The second-order valence-electron chi connectivity index (χ2n) is 6.78. The molecule has 0 aromatic heterocycles. The smallest absolute Gasteiger partial charge is 0.341 e. The topological polar surface area (TPSA) is 150 Å². The monoisotopic (exact) mass is 468 g/mol. The number of benzene rings is 1. The zero-order chi connectivity index (χ0) is 24.7. The highest BCUT2D eigenvalue weighted by molar-refractivity contribution is 5.92. The van der Waals surface area contributed by atoms with Gasteiger partial charge < -0.3 is 33.2 Å². The number of hydrogen-bond donors (Lipinski definition) is 0. The van der Waals surface area contributed by atoms with Crippen molar-refractivity contribution in [2.45, 2.75) is 51.5 Å². The van der Waals surface area contributed by atoms with Gasteiger partial charge in [-0.3, -0.25) is 14.4 Å². The Morgan fingerprint density at radius 2 is 1.30 bits per heavy atom. The van der Waals surface area contributed by atoms with Gasteiger partial charge in [-0.2, -0.15) is 0 Å². The molecule has 0 radical (unpaired) electrons. The molecule has 0 spiro atoms. The summed E-state index contributed by atoms with van der Waals surface area (Å²) in [6, 6.07) is 5.93. The van der Waals surface area contributed by atoms with Crippen LogP contribution < -0.4 is 4.74 Å². The van der Waals surface area contributed by atoms with E-state index in [1.165, 1.54) is 19.2 Å². The van der Waals surface area contributed by atoms with Crippen molar-refractivity contribution in [1.82, 2.24) is 0 Å².